The van der Waals surface area contributed by atoms with Gasteiger partial charge in [-0.1, -0.05) is 6.92 Å². The molecule has 1 heterocycles. The summed E-state index contributed by atoms with van der Waals surface area (Å²) in [6.45, 7) is 5.61. The maximum atomic E-state index is 9.55. The molecule has 0 aromatic heterocycles. The van der Waals surface area contributed by atoms with E-state index >= 15 is 0 Å². The molecule has 1 rings (SSSR count). The van der Waals surface area contributed by atoms with E-state index in [2.05, 4.69) is 11.8 Å². The molecule has 0 radical (unpaired) electrons. The van der Waals surface area contributed by atoms with Crippen molar-refractivity contribution in [2.24, 2.45) is 5.92 Å². The molecule has 0 aromatic rings. The van der Waals surface area contributed by atoms with E-state index < -0.39 is 0 Å². The lowest BCUT2D eigenvalue weighted by atomic mass is 9.96. The van der Waals surface area contributed by atoms with E-state index in [0.29, 0.717) is 12.5 Å². The van der Waals surface area contributed by atoms with Crippen LogP contribution in [0.2, 0.25) is 0 Å². The number of nitrogens with zero attached hydrogens (tertiary/aromatic N) is 1. The van der Waals surface area contributed by atoms with Crippen LogP contribution in [-0.2, 0) is 0 Å². The second-order valence-electron chi connectivity index (χ2n) is 4.42. The van der Waals surface area contributed by atoms with Crippen LogP contribution >= 0.6 is 0 Å². The standard InChI is InChI=1S/C11H23NO2/c1-10-9-12(7-5-11(10)14)6-3-2-4-8-13/h10-11,13-14H,2-9H2,1H3. The summed E-state index contributed by atoms with van der Waals surface area (Å²) >= 11 is 0. The predicted octanol–water partition coefficient (Wildman–Crippen LogP) is 0.852. The molecule has 1 saturated heterocycles. The third kappa shape index (κ3) is 3.95. The van der Waals surface area contributed by atoms with Crippen LogP contribution in [0.25, 0.3) is 0 Å². The molecule has 0 aliphatic carbocycles. The van der Waals surface area contributed by atoms with Crippen molar-refractivity contribution in [3.8, 4) is 0 Å². The average Bonchev–Trinajstić information content (AvgIpc) is 2.18. The first-order valence-corrected chi connectivity index (χ1v) is 5.75. The van der Waals surface area contributed by atoms with Gasteiger partial charge in [-0.3, -0.25) is 0 Å². The summed E-state index contributed by atoms with van der Waals surface area (Å²) in [5.74, 6) is 0.418. The number of hydrogen-bond acceptors (Lipinski definition) is 3. The topological polar surface area (TPSA) is 43.7 Å². The summed E-state index contributed by atoms with van der Waals surface area (Å²) in [7, 11) is 0. The molecule has 1 aliphatic rings. The highest BCUT2D eigenvalue weighted by Gasteiger charge is 2.23. The van der Waals surface area contributed by atoms with Gasteiger partial charge in [-0.25, -0.2) is 0 Å². The van der Waals surface area contributed by atoms with Gasteiger partial charge in [-0.2, -0.15) is 0 Å². The van der Waals surface area contributed by atoms with E-state index in [1.165, 1.54) is 6.42 Å². The van der Waals surface area contributed by atoms with Crippen LogP contribution in [0.1, 0.15) is 32.6 Å². The summed E-state index contributed by atoms with van der Waals surface area (Å²) in [5, 5.41) is 18.2. The predicted molar refractivity (Wildman–Crippen MR) is 57.2 cm³/mol. The van der Waals surface area contributed by atoms with Gasteiger partial charge in [0.15, 0.2) is 0 Å². The number of aliphatic hydroxyl groups is 2. The number of piperidine rings is 1. The smallest absolute Gasteiger partial charge is 0.0590 e. The van der Waals surface area contributed by atoms with E-state index in [0.717, 1.165) is 38.9 Å². The highest BCUT2D eigenvalue weighted by Crippen LogP contribution is 2.16. The van der Waals surface area contributed by atoms with Crippen LogP contribution in [0.5, 0.6) is 0 Å². The van der Waals surface area contributed by atoms with Crippen molar-refractivity contribution in [1.82, 2.24) is 4.90 Å². The second-order valence-corrected chi connectivity index (χ2v) is 4.42. The molecule has 0 spiro atoms. The molecule has 3 heteroatoms. The first-order chi connectivity index (χ1) is 6.74. The molecule has 1 fully saturated rings. The Morgan fingerprint density at radius 3 is 2.71 bits per heavy atom. The van der Waals surface area contributed by atoms with Crippen molar-refractivity contribution in [3.63, 3.8) is 0 Å². The van der Waals surface area contributed by atoms with E-state index in [9.17, 15) is 5.11 Å². The summed E-state index contributed by atoms with van der Waals surface area (Å²) in [6, 6.07) is 0. The van der Waals surface area contributed by atoms with Crippen LogP contribution < -0.4 is 0 Å². The molecule has 84 valence electrons. The number of likely N-dealkylation sites (tertiary alicyclic amines) is 1. The van der Waals surface area contributed by atoms with Crippen molar-refractivity contribution in [3.05, 3.63) is 0 Å². The fourth-order valence-electron chi connectivity index (χ4n) is 2.05. The molecule has 2 N–H and O–H groups in total. The van der Waals surface area contributed by atoms with E-state index in [4.69, 9.17) is 5.11 Å². The van der Waals surface area contributed by atoms with Crippen molar-refractivity contribution in [1.29, 1.82) is 0 Å². The third-order valence-electron chi connectivity index (χ3n) is 3.08. The lowest BCUT2D eigenvalue weighted by Crippen LogP contribution is -2.42. The third-order valence-corrected chi connectivity index (χ3v) is 3.08. The maximum Gasteiger partial charge on any atom is 0.0590 e. The first kappa shape index (κ1) is 12.0. The Bertz CT molecular complexity index is 152. The Morgan fingerprint density at radius 1 is 1.29 bits per heavy atom. The maximum absolute atomic E-state index is 9.55. The average molecular weight is 201 g/mol. The Hall–Kier alpha value is -0.120. The van der Waals surface area contributed by atoms with Gasteiger partial charge in [0.2, 0.25) is 0 Å². The molecule has 0 saturated carbocycles. The molecule has 2 unspecified atom stereocenters. The highest BCUT2D eigenvalue weighted by molar-refractivity contribution is 4.76. The van der Waals surface area contributed by atoms with Crippen LogP contribution in [0.4, 0.5) is 0 Å². The van der Waals surface area contributed by atoms with Crippen molar-refractivity contribution in [2.45, 2.75) is 38.7 Å². The van der Waals surface area contributed by atoms with E-state index in [1.807, 2.05) is 0 Å². The normalized spacial score (nSPS) is 29.4. The number of unbranched alkanes of at least 4 members (excludes halogenated alkanes) is 2. The van der Waals surface area contributed by atoms with E-state index in [1.54, 1.807) is 0 Å². The number of hydrogen-bond donors (Lipinski definition) is 2. The first-order valence-electron chi connectivity index (χ1n) is 5.75. The zero-order valence-corrected chi connectivity index (χ0v) is 9.15. The number of rotatable bonds is 5. The van der Waals surface area contributed by atoms with Gasteiger partial charge in [0.1, 0.15) is 0 Å². The highest BCUT2D eigenvalue weighted by atomic mass is 16.3. The fourth-order valence-corrected chi connectivity index (χ4v) is 2.05. The summed E-state index contributed by atoms with van der Waals surface area (Å²) in [6.07, 6.45) is 4.03. The molecule has 0 bridgehead atoms. The lowest BCUT2D eigenvalue weighted by molar-refractivity contribution is 0.0344. The van der Waals surface area contributed by atoms with Gasteiger partial charge in [-0.05, 0) is 38.1 Å². The minimum atomic E-state index is -0.0938. The van der Waals surface area contributed by atoms with Gasteiger partial charge in [-0.15, -0.1) is 0 Å². The van der Waals surface area contributed by atoms with Gasteiger partial charge in [0, 0.05) is 19.7 Å². The van der Waals surface area contributed by atoms with E-state index in [-0.39, 0.29) is 6.10 Å². The SMILES string of the molecule is CC1CN(CCCCCO)CCC1O. The monoisotopic (exact) mass is 201 g/mol. The van der Waals surface area contributed by atoms with Gasteiger partial charge in [0.25, 0.3) is 0 Å². The summed E-state index contributed by atoms with van der Waals surface area (Å²) in [4.78, 5) is 2.43. The molecule has 14 heavy (non-hydrogen) atoms. The fraction of sp³-hybridized carbons (Fsp3) is 1.00. The zero-order chi connectivity index (χ0) is 10.4. The Balaban J connectivity index is 2.07. The zero-order valence-electron chi connectivity index (χ0n) is 9.15. The van der Waals surface area contributed by atoms with Crippen molar-refractivity contribution in [2.75, 3.05) is 26.2 Å². The van der Waals surface area contributed by atoms with Gasteiger partial charge in [0.05, 0.1) is 6.10 Å². The molecule has 2 atom stereocenters. The molecular formula is C11H23NO2. The Morgan fingerprint density at radius 2 is 2.07 bits per heavy atom. The molecule has 3 nitrogen and oxygen atoms in total. The summed E-state index contributed by atoms with van der Waals surface area (Å²) in [5.41, 5.74) is 0. The Labute approximate surface area is 86.7 Å². The molecular weight excluding hydrogens is 178 g/mol. The van der Waals surface area contributed by atoms with Crippen molar-refractivity contribution >= 4 is 0 Å². The summed E-state index contributed by atoms with van der Waals surface area (Å²) < 4.78 is 0. The second kappa shape index (κ2) is 6.38. The van der Waals surface area contributed by atoms with Crippen LogP contribution in [0, 0.1) is 5.92 Å². The lowest BCUT2D eigenvalue weighted by Gasteiger charge is -2.34. The molecule has 1 aliphatic heterocycles. The van der Waals surface area contributed by atoms with Crippen LogP contribution in [-0.4, -0.2) is 47.5 Å². The van der Waals surface area contributed by atoms with Crippen molar-refractivity contribution < 1.29 is 10.2 Å². The minimum Gasteiger partial charge on any atom is -0.396 e. The quantitative estimate of drug-likeness (QED) is 0.648. The largest absolute Gasteiger partial charge is 0.396 e. The van der Waals surface area contributed by atoms with Crippen LogP contribution in [0.3, 0.4) is 0 Å². The molecule has 0 aromatic carbocycles. The van der Waals surface area contributed by atoms with Gasteiger partial charge < -0.3 is 15.1 Å². The number of aliphatic hydroxyl groups excluding tert-OH is 2. The molecule has 0 amide bonds. The minimum absolute atomic E-state index is 0.0938. The van der Waals surface area contributed by atoms with Gasteiger partial charge >= 0.3 is 0 Å². The van der Waals surface area contributed by atoms with Crippen LogP contribution in [0.15, 0.2) is 0 Å². The Kier molecular flexibility index (Phi) is 5.45.